The van der Waals surface area contributed by atoms with Gasteiger partial charge in [0.2, 0.25) is 0 Å². The number of phenols is 2. The second kappa shape index (κ2) is 21.6. The van der Waals surface area contributed by atoms with E-state index in [9.17, 15) is 24.9 Å². The fourth-order valence-electron chi connectivity index (χ4n) is 6.12. The van der Waals surface area contributed by atoms with Crippen LogP contribution in [0, 0.1) is 0 Å². The molecule has 0 bridgehead atoms. The topological polar surface area (TPSA) is 123 Å². The van der Waals surface area contributed by atoms with Crippen LogP contribution in [-0.2, 0) is 16.0 Å². The Kier molecular flexibility index (Phi) is 17.5. The number of unbranched alkanes of at least 4 members (excludes halogenated alkanes) is 16. The Morgan fingerprint density at radius 1 is 0.681 bits per heavy atom. The van der Waals surface area contributed by atoms with Crippen molar-refractivity contribution in [2.24, 2.45) is 0 Å². The van der Waals surface area contributed by atoms with Gasteiger partial charge in [0.05, 0.1) is 6.10 Å². The van der Waals surface area contributed by atoms with Gasteiger partial charge in [-0.3, -0.25) is 9.59 Å². The van der Waals surface area contributed by atoms with Gasteiger partial charge >= 0.3 is 11.9 Å². The molecule has 3 rings (SSSR count). The number of esters is 2. The quantitative estimate of drug-likeness (QED) is 0.0615. The van der Waals surface area contributed by atoms with E-state index in [1.807, 2.05) is 0 Å². The summed E-state index contributed by atoms with van der Waals surface area (Å²) in [4.78, 5) is 25.7. The Labute approximate surface area is 281 Å². The molecule has 0 spiro atoms. The minimum Gasteiger partial charge on any atom is -0.508 e. The van der Waals surface area contributed by atoms with Crippen LogP contribution in [0.3, 0.4) is 0 Å². The predicted molar refractivity (Wildman–Crippen MR) is 184 cm³/mol. The molecule has 0 saturated heterocycles. The maximum absolute atomic E-state index is 12.9. The van der Waals surface area contributed by atoms with E-state index in [1.165, 1.54) is 89.2 Å². The number of benzene rings is 2. The number of ether oxygens (including phenoxy) is 3. The molecule has 0 aliphatic carbocycles. The lowest BCUT2D eigenvalue weighted by Gasteiger charge is -2.31. The van der Waals surface area contributed by atoms with Gasteiger partial charge in [-0.1, -0.05) is 123 Å². The highest BCUT2D eigenvalue weighted by Crippen LogP contribution is 2.43. The van der Waals surface area contributed by atoms with Crippen molar-refractivity contribution in [1.29, 1.82) is 0 Å². The normalized spacial score (nSPS) is 15.6. The highest BCUT2D eigenvalue weighted by Gasteiger charge is 2.33. The Bertz CT molecular complexity index is 1230. The van der Waals surface area contributed by atoms with E-state index >= 15 is 0 Å². The average molecular weight is 655 g/mol. The zero-order valence-electron chi connectivity index (χ0n) is 28.8. The van der Waals surface area contributed by atoms with Crippen LogP contribution in [0.4, 0.5) is 0 Å². The summed E-state index contributed by atoms with van der Waals surface area (Å²) in [5, 5.41) is 31.1. The van der Waals surface area contributed by atoms with Crippen molar-refractivity contribution in [2.45, 2.75) is 161 Å². The van der Waals surface area contributed by atoms with Gasteiger partial charge in [-0.05, 0) is 30.5 Å². The fraction of sp³-hybridized carbons (Fsp3) is 0.641. The third kappa shape index (κ3) is 13.8. The third-order valence-corrected chi connectivity index (χ3v) is 8.90. The molecular formula is C39H58O8. The number of hydrogen-bond acceptors (Lipinski definition) is 8. The van der Waals surface area contributed by atoms with Crippen molar-refractivity contribution < 1.29 is 39.1 Å². The molecule has 262 valence electrons. The van der Waals surface area contributed by atoms with E-state index in [1.54, 1.807) is 18.2 Å². The third-order valence-electron chi connectivity index (χ3n) is 8.90. The van der Waals surface area contributed by atoms with E-state index in [-0.39, 0.29) is 54.0 Å². The SMILES string of the molecule is CCCCCCCCCCCC(=O)Oc1ccc([C@H]2Oc3cc(O)cc(O)c3C[C@@H]2O)cc1OC(=O)CCCCCCCCCCC. The van der Waals surface area contributed by atoms with Crippen LogP contribution in [0.1, 0.15) is 159 Å². The number of phenolic OH excluding ortho intramolecular Hbond substituents is 2. The van der Waals surface area contributed by atoms with Crippen molar-refractivity contribution in [1.82, 2.24) is 0 Å². The molecule has 1 aliphatic rings. The summed E-state index contributed by atoms with van der Waals surface area (Å²) >= 11 is 0. The molecule has 0 aromatic heterocycles. The minimum atomic E-state index is -1.01. The number of aliphatic hydroxyl groups is 1. The Morgan fingerprint density at radius 3 is 1.70 bits per heavy atom. The lowest BCUT2D eigenvalue weighted by Crippen LogP contribution is -2.30. The lowest BCUT2D eigenvalue weighted by molar-refractivity contribution is -0.137. The van der Waals surface area contributed by atoms with Crippen LogP contribution in [0.2, 0.25) is 0 Å². The summed E-state index contributed by atoms with van der Waals surface area (Å²) in [5.41, 5.74) is 0.914. The maximum atomic E-state index is 12.9. The summed E-state index contributed by atoms with van der Waals surface area (Å²) in [6, 6.07) is 7.40. The molecule has 2 aromatic carbocycles. The zero-order valence-corrected chi connectivity index (χ0v) is 28.8. The first-order valence-corrected chi connectivity index (χ1v) is 18.3. The molecular weight excluding hydrogens is 596 g/mol. The average Bonchev–Trinajstić information content (AvgIpc) is 3.04. The Balaban J connectivity index is 1.59. The molecule has 0 amide bonds. The number of rotatable bonds is 23. The molecule has 2 aromatic rings. The maximum Gasteiger partial charge on any atom is 0.311 e. The van der Waals surface area contributed by atoms with Gasteiger partial charge in [-0.25, -0.2) is 0 Å². The van der Waals surface area contributed by atoms with E-state index in [2.05, 4.69) is 13.8 Å². The van der Waals surface area contributed by atoms with Crippen molar-refractivity contribution in [2.75, 3.05) is 0 Å². The van der Waals surface area contributed by atoms with Gasteiger partial charge in [0.1, 0.15) is 23.4 Å². The van der Waals surface area contributed by atoms with E-state index < -0.39 is 18.2 Å². The number of hydrogen-bond donors (Lipinski definition) is 3. The first-order chi connectivity index (χ1) is 22.8. The van der Waals surface area contributed by atoms with Crippen molar-refractivity contribution in [3.05, 3.63) is 41.5 Å². The molecule has 3 N–H and O–H groups in total. The van der Waals surface area contributed by atoms with Crippen LogP contribution in [0.15, 0.2) is 30.3 Å². The first-order valence-electron chi connectivity index (χ1n) is 18.3. The number of aliphatic hydroxyl groups excluding tert-OH is 1. The Morgan fingerprint density at radius 2 is 1.17 bits per heavy atom. The second-order valence-corrected chi connectivity index (χ2v) is 13.1. The number of carbonyl (C=O) groups excluding carboxylic acids is 2. The molecule has 8 heteroatoms. The van der Waals surface area contributed by atoms with Gasteiger partial charge in [-0.15, -0.1) is 0 Å². The molecule has 0 unspecified atom stereocenters. The van der Waals surface area contributed by atoms with Gasteiger partial charge in [0.15, 0.2) is 11.5 Å². The lowest BCUT2D eigenvalue weighted by atomic mass is 9.94. The van der Waals surface area contributed by atoms with Crippen LogP contribution < -0.4 is 14.2 Å². The molecule has 0 fully saturated rings. The molecule has 1 heterocycles. The second-order valence-electron chi connectivity index (χ2n) is 13.1. The highest BCUT2D eigenvalue weighted by molar-refractivity contribution is 5.76. The Hall–Kier alpha value is -3.26. The van der Waals surface area contributed by atoms with Crippen molar-refractivity contribution in [3.63, 3.8) is 0 Å². The number of fused-ring (bicyclic) bond motifs is 1. The van der Waals surface area contributed by atoms with Crippen LogP contribution >= 0.6 is 0 Å². The molecule has 47 heavy (non-hydrogen) atoms. The monoisotopic (exact) mass is 654 g/mol. The minimum absolute atomic E-state index is 0.101. The molecule has 0 saturated carbocycles. The van der Waals surface area contributed by atoms with Gasteiger partial charge < -0.3 is 29.5 Å². The fourth-order valence-corrected chi connectivity index (χ4v) is 6.12. The summed E-state index contributed by atoms with van der Waals surface area (Å²) in [6.07, 6.45) is 19.3. The van der Waals surface area contributed by atoms with E-state index in [0.717, 1.165) is 38.5 Å². The summed E-state index contributed by atoms with van der Waals surface area (Å²) in [7, 11) is 0. The van der Waals surface area contributed by atoms with Gasteiger partial charge in [0, 0.05) is 37.0 Å². The molecule has 0 radical (unpaired) electrons. The number of carbonyl (C=O) groups is 2. The largest absolute Gasteiger partial charge is 0.508 e. The van der Waals surface area contributed by atoms with Crippen LogP contribution in [0.25, 0.3) is 0 Å². The van der Waals surface area contributed by atoms with E-state index in [0.29, 0.717) is 11.1 Å². The summed E-state index contributed by atoms with van der Waals surface area (Å²) < 4.78 is 17.4. The predicted octanol–water partition coefficient (Wildman–Crippen LogP) is 9.79. The summed E-state index contributed by atoms with van der Waals surface area (Å²) in [6.45, 7) is 4.43. The van der Waals surface area contributed by atoms with Crippen LogP contribution in [-0.4, -0.2) is 33.4 Å². The van der Waals surface area contributed by atoms with E-state index in [4.69, 9.17) is 14.2 Å². The van der Waals surface area contributed by atoms with Crippen molar-refractivity contribution >= 4 is 11.9 Å². The summed E-state index contributed by atoms with van der Waals surface area (Å²) in [5.74, 6) is -0.592. The van der Waals surface area contributed by atoms with Gasteiger partial charge in [0.25, 0.3) is 0 Å². The van der Waals surface area contributed by atoms with Crippen molar-refractivity contribution in [3.8, 4) is 28.7 Å². The van der Waals surface area contributed by atoms with Crippen LogP contribution in [0.5, 0.6) is 28.7 Å². The smallest absolute Gasteiger partial charge is 0.311 e. The molecule has 8 nitrogen and oxygen atoms in total. The standard InChI is InChI=1S/C39H58O8/c1-3-5-7-9-11-13-15-17-19-21-37(43)45-34-24-23-29(39-33(42)28-31-32(41)26-30(40)27-35(31)47-39)25-36(34)46-38(44)22-20-18-16-14-12-10-8-6-4-2/h23-27,33,39-42H,3-22,28H2,1-2H3/t33-,39+/m0/s1. The zero-order chi connectivity index (χ0) is 33.9. The molecule has 1 aliphatic heterocycles. The highest BCUT2D eigenvalue weighted by atomic mass is 16.6. The molecule has 2 atom stereocenters. The number of aromatic hydroxyl groups is 2. The van der Waals surface area contributed by atoms with Gasteiger partial charge in [-0.2, -0.15) is 0 Å². The first kappa shape index (κ1) is 38.2.